The van der Waals surface area contributed by atoms with E-state index in [0.717, 1.165) is 25.4 Å². The Kier molecular flexibility index (Phi) is 13.0. The van der Waals surface area contributed by atoms with Crippen molar-refractivity contribution in [2.45, 2.75) is 62.5 Å². The molecule has 1 aromatic heterocycles. The number of nitrogens with one attached hydrogen (secondary N) is 2. The molecule has 0 radical (unpaired) electrons. The molecule has 1 saturated carbocycles. The molecule has 48 heavy (non-hydrogen) atoms. The van der Waals surface area contributed by atoms with Gasteiger partial charge in [0.1, 0.15) is 11.4 Å². The molecule has 1 aliphatic heterocycles. The topological polar surface area (TPSA) is 222 Å². The van der Waals surface area contributed by atoms with Crippen molar-refractivity contribution in [3.8, 4) is 23.7 Å². The molecule has 1 unspecified atom stereocenters. The number of rotatable bonds is 12. The fourth-order valence-electron chi connectivity index (χ4n) is 4.36. The number of likely N-dealkylation sites (N-methyl/N-ethyl adjacent to an activating group) is 1. The van der Waals surface area contributed by atoms with Gasteiger partial charge in [-0.1, -0.05) is 18.8 Å². The molecule has 0 aromatic carbocycles. The molecule has 0 spiro atoms. The van der Waals surface area contributed by atoms with Gasteiger partial charge in [-0.05, 0) is 71.5 Å². The molecule has 4 N–H and O–H groups in total. The number of nitrogens with zero attached hydrogens (tertiary/aromatic N) is 3. The van der Waals surface area contributed by atoms with Gasteiger partial charge in [-0.3, -0.25) is 34.3 Å². The first-order valence-electron chi connectivity index (χ1n) is 14.7. The normalized spacial score (nSPS) is 17.1. The van der Waals surface area contributed by atoms with Crippen LogP contribution in [0.25, 0.3) is 0 Å². The second kappa shape index (κ2) is 15.5. The Morgan fingerprint density at radius 3 is 2.02 bits per heavy atom. The molecule has 1 fully saturated rings. The predicted molar refractivity (Wildman–Crippen MR) is 173 cm³/mol. The number of carbonyl (C=O) groups excluding carboxylic acids is 4. The lowest BCUT2D eigenvalue weighted by atomic mass is 10.1. The number of esters is 1. The van der Waals surface area contributed by atoms with Crippen LogP contribution >= 0.6 is 0 Å². The first-order chi connectivity index (χ1) is 22.1. The van der Waals surface area contributed by atoms with Crippen LogP contribution in [-0.2, 0) is 45.3 Å². The highest BCUT2D eigenvalue weighted by Gasteiger charge is 2.45. The molecule has 2 atom stereocenters. The second-order valence-electron chi connectivity index (χ2n) is 12.5. The van der Waals surface area contributed by atoms with Gasteiger partial charge in [-0.25, -0.2) is 32.6 Å². The number of sulfone groups is 2. The minimum absolute atomic E-state index is 0.00515. The zero-order valence-corrected chi connectivity index (χ0v) is 29.7. The summed E-state index contributed by atoms with van der Waals surface area (Å²) in [6.07, 6.45) is 5.10. The first kappa shape index (κ1) is 40.2. The van der Waals surface area contributed by atoms with Crippen molar-refractivity contribution in [3.63, 3.8) is 0 Å². The minimum Gasteiger partial charge on any atom is -0.463 e. The fraction of sp³-hybridized carbons (Fsp3) is 0.600. The summed E-state index contributed by atoms with van der Waals surface area (Å²) in [7, 11) is -3.77. The molecule has 266 valence electrons. The smallest absolute Gasteiger partial charge is 0.328 e. The highest BCUT2D eigenvalue weighted by Crippen LogP contribution is 2.45. The number of fused-ring (bicyclic) bond motifs is 1. The zero-order valence-electron chi connectivity index (χ0n) is 28.0. The largest absolute Gasteiger partial charge is 0.463 e. The van der Waals surface area contributed by atoms with Crippen LogP contribution in [0.3, 0.4) is 0 Å². The second-order valence-corrected chi connectivity index (χ2v) is 17.4. The Bertz CT molecular complexity index is 1760. The van der Waals surface area contributed by atoms with E-state index in [-0.39, 0.29) is 56.5 Å². The summed E-state index contributed by atoms with van der Waals surface area (Å²) in [5, 5.41) is 17.2. The molecule has 3 amide bonds. The zero-order chi connectivity index (χ0) is 36.7. The van der Waals surface area contributed by atoms with E-state index in [9.17, 15) is 36.0 Å². The highest BCUT2D eigenvalue weighted by molar-refractivity contribution is 7.93. The third-order valence-corrected chi connectivity index (χ3v) is 12.6. The third-order valence-electron chi connectivity index (χ3n) is 8.47. The van der Waals surface area contributed by atoms with Crippen LogP contribution in [-0.4, -0.2) is 121 Å². The van der Waals surface area contributed by atoms with Crippen molar-refractivity contribution in [3.05, 3.63) is 23.5 Å². The fourth-order valence-corrected chi connectivity index (χ4v) is 6.11. The van der Waals surface area contributed by atoms with Crippen LogP contribution in [0, 0.1) is 29.1 Å². The minimum atomic E-state index is -3.85. The lowest BCUT2D eigenvalue weighted by molar-refractivity contribution is -0.145. The number of ether oxygens (including phenoxy) is 1. The Morgan fingerprint density at radius 2 is 1.58 bits per heavy atom. The van der Waals surface area contributed by atoms with Crippen LogP contribution in [0.15, 0.2) is 12.3 Å². The molecule has 1 aliphatic carbocycles. The van der Waals surface area contributed by atoms with Gasteiger partial charge < -0.3 is 9.64 Å². The van der Waals surface area contributed by atoms with E-state index in [1.165, 1.54) is 34.3 Å². The van der Waals surface area contributed by atoms with Gasteiger partial charge >= 0.3 is 12.0 Å². The van der Waals surface area contributed by atoms with Gasteiger partial charge in [0.25, 0.3) is 11.8 Å². The van der Waals surface area contributed by atoms with Crippen LogP contribution in [0.2, 0.25) is 0 Å². The van der Waals surface area contributed by atoms with Gasteiger partial charge in [0.2, 0.25) is 0 Å². The summed E-state index contributed by atoms with van der Waals surface area (Å²) in [4.78, 5) is 50.6. The number of hydrogen-bond donors (Lipinski definition) is 4. The van der Waals surface area contributed by atoms with Crippen molar-refractivity contribution in [1.29, 1.82) is 0 Å². The van der Waals surface area contributed by atoms with Gasteiger partial charge in [-0.15, -0.1) is 0 Å². The van der Waals surface area contributed by atoms with Crippen LogP contribution in [0.4, 0.5) is 4.79 Å². The summed E-state index contributed by atoms with van der Waals surface area (Å²) in [5.74, 6) is 9.35. The highest BCUT2D eigenvalue weighted by atomic mass is 32.2. The number of hydrogen-bond acceptors (Lipinski definition) is 12. The maximum atomic E-state index is 12.7. The summed E-state index contributed by atoms with van der Waals surface area (Å²) in [6, 6.07) is 1.39. The van der Waals surface area contributed by atoms with Crippen molar-refractivity contribution in [2.75, 3.05) is 46.3 Å². The Morgan fingerprint density at radius 1 is 1.02 bits per heavy atom. The molecule has 16 nitrogen and oxygen atoms in total. The van der Waals surface area contributed by atoms with E-state index in [1.54, 1.807) is 38.2 Å². The summed E-state index contributed by atoms with van der Waals surface area (Å²) < 4.78 is 49.8. The van der Waals surface area contributed by atoms with Crippen LogP contribution in [0.5, 0.6) is 0 Å². The molecule has 1 aromatic rings. The van der Waals surface area contributed by atoms with Crippen LogP contribution < -0.4 is 11.0 Å². The number of aromatic nitrogens is 1. The molecule has 0 bridgehead atoms. The van der Waals surface area contributed by atoms with Gasteiger partial charge in [0.15, 0.2) is 24.4 Å². The lowest BCUT2D eigenvalue weighted by Crippen LogP contribution is -2.50. The first-order valence-corrected chi connectivity index (χ1v) is 18.5. The van der Waals surface area contributed by atoms with E-state index in [1.807, 2.05) is 0 Å². The number of amides is 3. The average molecular weight is 714 g/mol. The predicted octanol–water partition coefficient (Wildman–Crippen LogP) is -0.0844. The molecule has 2 heterocycles. The van der Waals surface area contributed by atoms with Crippen molar-refractivity contribution in [1.82, 2.24) is 25.3 Å². The maximum absolute atomic E-state index is 12.7. The summed E-state index contributed by atoms with van der Waals surface area (Å²) >= 11 is 0. The quantitative estimate of drug-likeness (QED) is 0.0967. The van der Waals surface area contributed by atoms with Crippen molar-refractivity contribution < 1.29 is 51.2 Å². The number of carbonyl (C=O) groups is 4. The van der Waals surface area contributed by atoms with Gasteiger partial charge in [0.05, 0.1) is 18.5 Å². The van der Waals surface area contributed by atoms with Crippen molar-refractivity contribution >= 4 is 43.5 Å². The van der Waals surface area contributed by atoms with Gasteiger partial charge in [0, 0.05) is 36.5 Å². The monoisotopic (exact) mass is 713 g/mol. The van der Waals surface area contributed by atoms with E-state index < -0.39 is 41.0 Å². The molecule has 2 aliphatic rings. The third kappa shape index (κ3) is 9.57. The average Bonchev–Trinajstić information content (AvgIpc) is 3.57. The van der Waals surface area contributed by atoms with Crippen molar-refractivity contribution in [2.24, 2.45) is 5.41 Å². The van der Waals surface area contributed by atoms with E-state index in [4.69, 9.17) is 15.2 Å². The Labute approximate surface area is 280 Å². The summed E-state index contributed by atoms with van der Waals surface area (Å²) in [5.41, 5.74) is 3.70. The van der Waals surface area contributed by atoms with E-state index in [0.29, 0.717) is 11.3 Å². The maximum Gasteiger partial charge on any atom is 0.328 e. The SMILES string of the molecule is CCC(C)(C(=O)NO)S(C)(=O)=O.CN(C)CC(=O)OCC1(C#CC#Cc2cc3n(c2)C(=O)N(CC[C@](C)(C(=O)NO)S(C)(=O)=O)C3)CC1. The number of hydroxylamine groups is 2. The molecule has 18 heteroatoms. The molecule has 0 saturated heterocycles. The van der Waals surface area contributed by atoms with Gasteiger partial charge in [-0.2, -0.15) is 0 Å². The molecular weight excluding hydrogens is 670 g/mol. The summed E-state index contributed by atoms with van der Waals surface area (Å²) in [6.45, 7) is 4.75. The standard InChI is InChI=1S/C24H30N4O7S.C6H13NO4S/c1-23(21(30)25-32,36(4,33)34)11-12-27-15-19-13-18(14-28(19)22(27)31)7-5-6-8-24(9-10-24)17-35-20(29)16-26(2)3;1-4-6(2,5(8)7-9)12(3,10)11/h13-14,32H,9-12,15-17H2,1-4H3,(H,25,30);9H,4H2,1-3H3,(H,7,8)/t23-;/m1./s1. The Balaban J connectivity index is 0.000000567. The lowest BCUT2D eigenvalue weighted by Gasteiger charge is -2.27. The van der Waals surface area contributed by atoms with Crippen LogP contribution in [0.1, 0.15) is 57.7 Å². The van der Waals surface area contributed by atoms with E-state index in [2.05, 4.69) is 23.7 Å². The Hall–Kier alpha value is -3.94. The molecular formula is C30H43N5O11S2. The van der Waals surface area contributed by atoms with E-state index >= 15 is 0 Å². The molecule has 3 rings (SSSR count).